The zero-order valence-corrected chi connectivity index (χ0v) is 21.8. The van der Waals surface area contributed by atoms with Crippen LogP contribution in [0.3, 0.4) is 0 Å². The van der Waals surface area contributed by atoms with Crippen LogP contribution in [-0.2, 0) is 4.79 Å². The fourth-order valence-electron chi connectivity index (χ4n) is 3.00. The molecule has 32 heavy (non-hydrogen) atoms. The molecule has 0 radical (unpaired) electrons. The molecule has 182 valence electrons. The van der Waals surface area contributed by atoms with E-state index in [0.29, 0.717) is 6.42 Å². The van der Waals surface area contributed by atoms with E-state index in [9.17, 15) is 4.79 Å². The van der Waals surface area contributed by atoms with Crippen molar-refractivity contribution in [1.82, 2.24) is 0 Å². The van der Waals surface area contributed by atoms with Crippen molar-refractivity contribution in [3.8, 4) is 0 Å². The van der Waals surface area contributed by atoms with Gasteiger partial charge >= 0.3 is 5.97 Å². The second-order valence-corrected chi connectivity index (χ2v) is 9.07. The van der Waals surface area contributed by atoms with Gasteiger partial charge in [-0.25, -0.2) is 0 Å². The molecule has 0 aromatic carbocycles. The Morgan fingerprint density at radius 3 is 2.03 bits per heavy atom. The second-order valence-electron chi connectivity index (χ2n) is 9.07. The lowest BCUT2D eigenvalue weighted by Gasteiger charge is -2.28. The van der Waals surface area contributed by atoms with Crippen LogP contribution in [0.1, 0.15) is 87.5 Å². The molecule has 3 nitrogen and oxygen atoms in total. The van der Waals surface area contributed by atoms with E-state index < -0.39 is 5.97 Å². The van der Waals surface area contributed by atoms with Gasteiger partial charge in [0, 0.05) is 13.0 Å². The highest BCUT2D eigenvalue weighted by atomic mass is 16.4. The summed E-state index contributed by atoms with van der Waals surface area (Å²) < 4.78 is 0. The number of rotatable bonds is 13. The molecule has 0 aliphatic heterocycles. The molecular formula is C29H48O3. The molecule has 0 bridgehead atoms. The molecule has 0 saturated heterocycles. The van der Waals surface area contributed by atoms with Gasteiger partial charge in [-0.05, 0) is 61.5 Å². The van der Waals surface area contributed by atoms with Crippen LogP contribution in [-0.4, -0.2) is 22.8 Å². The first kappa shape index (κ1) is 32.1. The van der Waals surface area contributed by atoms with E-state index in [1.54, 1.807) is 6.92 Å². The smallest absolute Gasteiger partial charge is 0.303 e. The Morgan fingerprint density at radius 1 is 0.938 bits per heavy atom. The highest BCUT2D eigenvalue weighted by Gasteiger charge is 2.22. The standard InChI is InChI=1S/C27H42O2.C2H6O/c1-8-11-18-23(24(17-9-2)27(6,7)10-3)19-14-12-13-15-21-26(4,5)22-16-20-25(28)29;1-2-3/h8,11-15,17-19,21H,9-10,16,20,22H2,1-7H3,(H,28,29);3H,2H2,1H3/b11-8-,13-12-,19-14-,21-15+,23-18-,24-17+;. The maximum Gasteiger partial charge on any atom is 0.303 e. The predicted molar refractivity (Wildman–Crippen MR) is 141 cm³/mol. The predicted octanol–water partition coefficient (Wildman–Crippen LogP) is 8.21. The number of carboxylic acid groups (broad SMARTS) is 1. The van der Waals surface area contributed by atoms with Crippen LogP contribution < -0.4 is 0 Å². The molecule has 0 aliphatic rings. The average molecular weight is 445 g/mol. The van der Waals surface area contributed by atoms with Gasteiger partial charge in [0.05, 0.1) is 0 Å². The van der Waals surface area contributed by atoms with Crippen LogP contribution in [0.5, 0.6) is 0 Å². The lowest BCUT2D eigenvalue weighted by atomic mass is 9.77. The summed E-state index contributed by atoms with van der Waals surface area (Å²) in [5.74, 6) is -0.723. The quantitative estimate of drug-likeness (QED) is 0.281. The second kappa shape index (κ2) is 18.4. The molecule has 0 aliphatic carbocycles. The van der Waals surface area contributed by atoms with E-state index in [4.69, 9.17) is 10.2 Å². The third-order valence-electron chi connectivity index (χ3n) is 5.17. The van der Waals surface area contributed by atoms with Crippen molar-refractivity contribution in [2.24, 2.45) is 10.8 Å². The van der Waals surface area contributed by atoms with Gasteiger partial charge in [0.1, 0.15) is 0 Å². The molecule has 2 N–H and O–H groups in total. The van der Waals surface area contributed by atoms with Gasteiger partial charge in [0.25, 0.3) is 0 Å². The number of allylic oxidation sites excluding steroid dienone is 12. The normalized spacial score (nSPS) is 14.0. The van der Waals surface area contributed by atoms with Crippen LogP contribution in [0.25, 0.3) is 0 Å². The maximum absolute atomic E-state index is 10.7. The number of aliphatic carboxylic acids is 1. The Hall–Kier alpha value is -2.13. The zero-order valence-electron chi connectivity index (χ0n) is 21.8. The van der Waals surface area contributed by atoms with Gasteiger partial charge in [-0.3, -0.25) is 4.79 Å². The first-order chi connectivity index (χ1) is 15.0. The van der Waals surface area contributed by atoms with Crippen LogP contribution >= 0.6 is 0 Å². The molecule has 0 unspecified atom stereocenters. The Labute approximate surface area is 198 Å². The highest BCUT2D eigenvalue weighted by molar-refractivity contribution is 5.66. The fraction of sp³-hybridized carbons (Fsp3) is 0.552. The SMILES string of the molecule is CCO.C\C=C/C=C(/C=C\C=C/C=C/C(C)(C)CCCC(=O)O)C(=C/CC)\C(C)(C)CC. The molecule has 3 heteroatoms. The van der Waals surface area contributed by atoms with Gasteiger partial charge in [-0.15, -0.1) is 0 Å². The molecule has 0 atom stereocenters. The number of carboxylic acids is 1. The van der Waals surface area contributed by atoms with Crippen molar-refractivity contribution in [2.45, 2.75) is 87.5 Å². The Morgan fingerprint density at radius 2 is 1.53 bits per heavy atom. The van der Waals surface area contributed by atoms with Gasteiger partial charge in [0.2, 0.25) is 0 Å². The summed E-state index contributed by atoms with van der Waals surface area (Å²) in [4.78, 5) is 10.7. The van der Waals surface area contributed by atoms with Crippen molar-refractivity contribution in [2.75, 3.05) is 6.61 Å². The highest BCUT2D eigenvalue weighted by Crippen LogP contribution is 2.36. The van der Waals surface area contributed by atoms with E-state index >= 15 is 0 Å². The van der Waals surface area contributed by atoms with E-state index in [0.717, 1.165) is 19.3 Å². The van der Waals surface area contributed by atoms with Gasteiger partial charge in [-0.2, -0.15) is 0 Å². The Bertz CT molecular complexity index is 683. The van der Waals surface area contributed by atoms with Crippen LogP contribution in [0, 0.1) is 10.8 Å². The lowest BCUT2D eigenvalue weighted by Crippen LogP contribution is -2.14. The van der Waals surface area contributed by atoms with Crippen LogP contribution in [0.2, 0.25) is 0 Å². The molecule has 0 rings (SSSR count). The lowest BCUT2D eigenvalue weighted by molar-refractivity contribution is -0.137. The maximum atomic E-state index is 10.7. The number of aliphatic hydroxyl groups excluding tert-OH is 1. The minimum absolute atomic E-state index is 0.00265. The van der Waals surface area contributed by atoms with Crippen molar-refractivity contribution in [3.05, 3.63) is 71.9 Å². The first-order valence-electron chi connectivity index (χ1n) is 11.9. The minimum Gasteiger partial charge on any atom is -0.481 e. The molecular weight excluding hydrogens is 396 g/mol. The fourth-order valence-corrected chi connectivity index (χ4v) is 3.00. The topological polar surface area (TPSA) is 57.5 Å². The largest absolute Gasteiger partial charge is 0.481 e. The van der Waals surface area contributed by atoms with E-state index in [1.165, 1.54) is 11.1 Å². The molecule has 0 fully saturated rings. The molecule has 0 saturated carbocycles. The molecule has 0 aromatic heterocycles. The van der Waals surface area contributed by atoms with Crippen molar-refractivity contribution in [3.63, 3.8) is 0 Å². The number of hydrogen-bond donors (Lipinski definition) is 2. The Balaban J connectivity index is 0. The molecule has 0 aromatic rings. The van der Waals surface area contributed by atoms with Crippen LogP contribution in [0.4, 0.5) is 0 Å². The van der Waals surface area contributed by atoms with E-state index in [1.807, 2.05) is 13.0 Å². The molecule has 0 spiro atoms. The summed E-state index contributed by atoms with van der Waals surface area (Å²) >= 11 is 0. The van der Waals surface area contributed by atoms with Crippen molar-refractivity contribution in [1.29, 1.82) is 0 Å². The van der Waals surface area contributed by atoms with Crippen LogP contribution in [0.15, 0.2) is 71.9 Å². The first-order valence-corrected chi connectivity index (χ1v) is 11.9. The summed E-state index contributed by atoms with van der Waals surface area (Å²) in [5, 5.41) is 16.3. The minimum atomic E-state index is -0.723. The van der Waals surface area contributed by atoms with Gasteiger partial charge in [-0.1, -0.05) is 102 Å². The number of carbonyl (C=O) groups is 1. The molecule has 0 amide bonds. The average Bonchev–Trinajstić information content (AvgIpc) is 2.71. The van der Waals surface area contributed by atoms with E-state index in [-0.39, 0.29) is 23.9 Å². The zero-order chi connectivity index (χ0) is 25.0. The molecule has 0 heterocycles. The van der Waals surface area contributed by atoms with Crippen molar-refractivity contribution >= 4 is 5.97 Å². The summed E-state index contributed by atoms with van der Waals surface area (Å²) in [6.45, 7) is 17.3. The third kappa shape index (κ3) is 16.5. The third-order valence-corrected chi connectivity index (χ3v) is 5.17. The monoisotopic (exact) mass is 444 g/mol. The van der Waals surface area contributed by atoms with E-state index in [2.05, 4.69) is 96.2 Å². The summed E-state index contributed by atoms with van der Waals surface area (Å²) in [6.07, 6.45) is 25.2. The number of hydrogen-bond acceptors (Lipinski definition) is 2. The summed E-state index contributed by atoms with van der Waals surface area (Å²) in [7, 11) is 0. The summed E-state index contributed by atoms with van der Waals surface area (Å²) in [6, 6.07) is 0. The van der Waals surface area contributed by atoms with Gasteiger partial charge in [0.15, 0.2) is 0 Å². The number of aliphatic hydroxyl groups is 1. The summed E-state index contributed by atoms with van der Waals surface area (Å²) in [5.41, 5.74) is 2.78. The van der Waals surface area contributed by atoms with Gasteiger partial charge < -0.3 is 10.2 Å². The Kier molecular flexibility index (Phi) is 18.5. The van der Waals surface area contributed by atoms with Crippen molar-refractivity contribution < 1.29 is 15.0 Å².